The molecule has 108 valence electrons. The standard InChI is InChI=1S/C19H26O/c1-18-9-5-7-14(18)17-15(8-11-18)19(2)10-4-3-6-13(19)12-16(17)20/h3-4,6,14-15,17H,5,7-12H2,1-2H3/t14-,15-,17-,18-,19-/m0/s1. The lowest BCUT2D eigenvalue weighted by Gasteiger charge is -2.56. The third-order valence-electron chi connectivity index (χ3n) is 7.32. The van der Waals surface area contributed by atoms with Gasteiger partial charge >= 0.3 is 0 Å². The summed E-state index contributed by atoms with van der Waals surface area (Å²) in [5, 5.41) is 0. The van der Waals surface area contributed by atoms with E-state index in [4.69, 9.17) is 0 Å². The third-order valence-corrected chi connectivity index (χ3v) is 7.32. The van der Waals surface area contributed by atoms with Gasteiger partial charge in [0, 0.05) is 12.3 Å². The highest BCUT2D eigenvalue weighted by Crippen LogP contribution is 2.63. The minimum atomic E-state index is 0.275. The molecule has 0 aromatic rings. The van der Waals surface area contributed by atoms with Crippen LogP contribution in [0, 0.1) is 28.6 Å². The fourth-order valence-corrected chi connectivity index (χ4v) is 6.07. The molecule has 0 spiro atoms. The smallest absolute Gasteiger partial charge is 0.140 e. The molecule has 0 N–H and O–H groups in total. The summed E-state index contributed by atoms with van der Waals surface area (Å²) in [5.41, 5.74) is 2.17. The Bertz CT molecular complexity index is 514. The van der Waals surface area contributed by atoms with Gasteiger partial charge in [0.05, 0.1) is 0 Å². The SMILES string of the molecule is C[C@@]12CCC[C@H]1[C@@H]1C(=O)CC3=CC=CC[C@]3(C)[C@H]1CC2. The van der Waals surface area contributed by atoms with Gasteiger partial charge in [-0.05, 0) is 54.8 Å². The maximum atomic E-state index is 12.8. The number of ketones is 1. The van der Waals surface area contributed by atoms with Crippen molar-refractivity contribution in [1.29, 1.82) is 0 Å². The van der Waals surface area contributed by atoms with Crippen molar-refractivity contribution in [2.75, 3.05) is 0 Å². The average molecular weight is 270 g/mol. The number of rotatable bonds is 0. The summed E-state index contributed by atoms with van der Waals surface area (Å²) >= 11 is 0. The number of carbonyl (C=O) groups excluding carboxylic acids is 1. The maximum Gasteiger partial charge on any atom is 0.140 e. The topological polar surface area (TPSA) is 17.1 Å². The van der Waals surface area contributed by atoms with E-state index in [1.807, 2.05) is 0 Å². The minimum Gasteiger partial charge on any atom is -0.299 e. The summed E-state index contributed by atoms with van der Waals surface area (Å²) in [6, 6.07) is 0. The molecule has 0 saturated heterocycles. The Kier molecular flexibility index (Phi) is 2.63. The van der Waals surface area contributed by atoms with Gasteiger partial charge in [-0.2, -0.15) is 0 Å². The van der Waals surface area contributed by atoms with Crippen LogP contribution in [0.4, 0.5) is 0 Å². The summed E-state index contributed by atoms with van der Waals surface area (Å²) in [6.07, 6.45) is 15.2. The molecule has 0 aliphatic heterocycles. The number of hydrogen-bond acceptors (Lipinski definition) is 1. The number of fused-ring (bicyclic) bond motifs is 5. The van der Waals surface area contributed by atoms with Crippen LogP contribution in [0.3, 0.4) is 0 Å². The van der Waals surface area contributed by atoms with Gasteiger partial charge in [0.25, 0.3) is 0 Å². The van der Waals surface area contributed by atoms with Crippen LogP contribution in [0.15, 0.2) is 23.8 Å². The summed E-state index contributed by atoms with van der Waals surface area (Å²) in [6.45, 7) is 4.90. The second-order valence-corrected chi connectivity index (χ2v) is 8.21. The van der Waals surface area contributed by atoms with Crippen LogP contribution >= 0.6 is 0 Å². The third kappa shape index (κ3) is 1.53. The van der Waals surface area contributed by atoms with Gasteiger partial charge in [0.1, 0.15) is 5.78 Å². The lowest BCUT2D eigenvalue weighted by atomic mass is 9.48. The number of Topliss-reactive ketones (excluding diaryl/α,β-unsaturated/α-hetero) is 1. The Balaban J connectivity index is 1.76. The summed E-state index contributed by atoms with van der Waals surface area (Å²) in [7, 11) is 0. The molecule has 0 aromatic heterocycles. The van der Waals surface area contributed by atoms with Crippen molar-refractivity contribution in [3.8, 4) is 0 Å². The second kappa shape index (κ2) is 4.08. The number of hydrogen-bond donors (Lipinski definition) is 0. The van der Waals surface area contributed by atoms with E-state index in [1.165, 1.54) is 37.7 Å². The fraction of sp³-hybridized carbons (Fsp3) is 0.737. The van der Waals surface area contributed by atoms with Crippen LogP contribution in [-0.2, 0) is 4.79 Å². The van der Waals surface area contributed by atoms with E-state index >= 15 is 0 Å². The van der Waals surface area contributed by atoms with Crippen LogP contribution in [0.5, 0.6) is 0 Å². The van der Waals surface area contributed by atoms with Crippen molar-refractivity contribution in [2.45, 2.75) is 58.8 Å². The number of carbonyl (C=O) groups is 1. The van der Waals surface area contributed by atoms with Gasteiger partial charge < -0.3 is 0 Å². The first-order chi connectivity index (χ1) is 9.55. The highest BCUT2D eigenvalue weighted by atomic mass is 16.1. The molecule has 20 heavy (non-hydrogen) atoms. The quantitative estimate of drug-likeness (QED) is 0.624. The molecule has 0 aromatic carbocycles. The maximum absolute atomic E-state index is 12.8. The Hall–Kier alpha value is -0.850. The minimum absolute atomic E-state index is 0.275. The molecular weight excluding hydrogens is 244 g/mol. The monoisotopic (exact) mass is 270 g/mol. The van der Waals surface area contributed by atoms with Crippen molar-refractivity contribution in [3.63, 3.8) is 0 Å². The fourth-order valence-electron chi connectivity index (χ4n) is 6.07. The molecule has 4 aliphatic carbocycles. The first-order valence-corrected chi connectivity index (χ1v) is 8.43. The van der Waals surface area contributed by atoms with Crippen LogP contribution in [0.2, 0.25) is 0 Å². The molecule has 3 fully saturated rings. The molecule has 4 rings (SSSR count). The molecular formula is C19H26O. The van der Waals surface area contributed by atoms with Crippen molar-refractivity contribution < 1.29 is 4.79 Å². The number of allylic oxidation sites excluding steroid dienone is 4. The molecule has 3 saturated carbocycles. The highest BCUT2D eigenvalue weighted by Gasteiger charge is 2.58. The first-order valence-electron chi connectivity index (χ1n) is 8.43. The first kappa shape index (κ1) is 12.9. The van der Waals surface area contributed by atoms with Crippen LogP contribution in [0.1, 0.15) is 58.8 Å². The molecule has 0 unspecified atom stereocenters. The van der Waals surface area contributed by atoms with E-state index in [-0.39, 0.29) is 5.41 Å². The molecule has 1 heteroatoms. The largest absolute Gasteiger partial charge is 0.299 e. The van der Waals surface area contributed by atoms with Gasteiger partial charge in [0.2, 0.25) is 0 Å². The van der Waals surface area contributed by atoms with Crippen LogP contribution in [-0.4, -0.2) is 5.78 Å². The molecule has 0 radical (unpaired) electrons. The zero-order valence-corrected chi connectivity index (χ0v) is 12.8. The van der Waals surface area contributed by atoms with Crippen molar-refractivity contribution in [3.05, 3.63) is 23.8 Å². The van der Waals surface area contributed by atoms with Crippen molar-refractivity contribution >= 4 is 5.78 Å². The Morgan fingerprint density at radius 1 is 1.15 bits per heavy atom. The predicted octanol–water partition coefficient (Wildman–Crippen LogP) is 4.68. The predicted molar refractivity (Wildman–Crippen MR) is 81.2 cm³/mol. The van der Waals surface area contributed by atoms with Gasteiger partial charge in [-0.3, -0.25) is 4.79 Å². The van der Waals surface area contributed by atoms with E-state index in [2.05, 4.69) is 32.1 Å². The highest BCUT2D eigenvalue weighted by molar-refractivity contribution is 5.86. The molecule has 0 bridgehead atoms. The van der Waals surface area contributed by atoms with E-state index in [0.29, 0.717) is 29.0 Å². The van der Waals surface area contributed by atoms with Crippen LogP contribution in [0.25, 0.3) is 0 Å². The van der Waals surface area contributed by atoms with Gasteiger partial charge in [0.15, 0.2) is 0 Å². The van der Waals surface area contributed by atoms with Crippen molar-refractivity contribution in [2.24, 2.45) is 28.6 Å². The Labute approximate surface area is 122 Å². The molecule has 0 amide bonds. The second-order valence-electron chi connectivity index (χ2n) is 8.21. The zero-order valence-electron chi connectivity index (χ0n) is 12.8. The normalized spacial score (nSPS) is 50.2. The Morgan fingerprint density at radius 3 is 2.85 bits per heavy atom. The molecule has 4 aliphatic rings. The van der Waals surface area contributed by atoms with E-state index in [9.17, 15) is 4.79 Å². The van der Waals surface area contributed by atoms with E-state index in [1.54, 1.807) is 0 Å². The molecule has 1 nitrogen and oxygen atoms in total. The van der Waals surface area contributed by atoms with E-state index < -0.39 is 0 Å². The van der Waals surface area contributed by atoms with Crippen molar-refractivity contribution in [1.82, 2.24) is 0 Å². The summed E-state index contributed by atoms with van der Waals surface area (Å²) in [5.74, 6) is 2.21. The molecule has 0 heterocycles. The lowest BCUT2D eigenvalue weighted by molar-refractivity contribution is -0.138. The Morgan fingerprint density at radius 2 is 2.00 bits per heavy atom. The van der Waals surface area contributed by atoms with Gasteiger partial charge in [-0.15, -0.1) is 0 Å². The summed E-state index contributed by atoms with van der Waals surface area (Å²) in [4.78, 5) is 12.8. The molecule has 5 atom stereocenters. The average Bonchev–Trinajstić information content (AvgIpc) is 2.81. The van der Waals surface area contributed by atoms with Gasteiger partial charge in [-0.1, -0.05) is 44.1 Å². The van der Waals surface area contributed by atoms with Crippen LogP contribution < -0.4 is 0 Å². The zero-order chi connectivity index (χ0) is 14.0. The summed E-state index contributed by atoms with van der Waals surface area (Å²) < 4.78 is 0. The van der Waals surface area contributed by atoms with Gasteiger partial charge in [-0.25, -0.2) is 0 Å². The van der Waals surface area contributed by atoms with E-state index in [0.717, 1.165) is 12.8 Å². The lowest BCUT2D eigenvalue weighted by Crippen LogP contribution is -2.52.